The molecule has 0 saturated heterocycles. The summed E-state index contributed by atoms with van der Waals surface area (Å²) in [5.74, 6) is -1.29. The maximum absolute atomic E-state index is 14.0. The fourth-order valence-electron chi connectivity index (χ4n) is 3.21. The number of pyridine rings is 1. The Labute approximate surface area is 185 Å². The summed E-state index contributed by atoms with van der Waals surface area (Å²) < 4.78 is 57.1. The number of hydrogen-bond acceptors (Lipinski definition) is 9. The van der Waals surface area contributed by atoms with Crippen LogP contribution in [0, 0.1) is 15.9 Å². The zero-order chi connectivity index (χ0) is 24.3. The summed E-state index contributed by atoms with van der Waals surface area (Å²) in [6.45, 7) is 0.561. The molecule has 2 aromatic rings. The molecular weight excluding hydrogens is 451 g/mol. The summed E-state index contributed by atoms with van der Waals surface area (Å²) in [6.07, 6.45) is -4.63. The number of alkyl halides is 2. The van der Waals surface area contributed by atoms with Crippen molar-refractivity contribution in [3.05, 3.63) is 45.8 Å². The van der Waals surface area contributed by atoms with Crippen molar-refractivity contribution in [1.29, 1.82) is 0 Å². The van der Waals surface area contributed by atoms with Crippen LogP contribution in [0.4, 0.5) is 35.3 Å². The summed E-state index contributed by atoms with van der Waals surface area (Å²) in [5.41, 5.74) is 10.2. The highest BCUT2D eigenvalue weighted by atomic mass is 19.3. The Kier molecular flexibility index (Phi) is 6.94. The number of carbonyl (C=O) groups excluding carboxylic acids is 1. The Morgan fingerprint density at radius 1 is 1.42 bits per heavy atom. The van der Waals surface area contributed by atoms with Gasteiger partial charge in [0.05, 0.1) is 11.0 Å². The quantitative estimate of drug-likeness (QED) is 0.436. The maximum Gasteiger partial charge on any atom is 0.404 e. The van der Waals surface area contributed by atoms with Gasteiger partial charge in [-0.25, -0.2) is 22.9 Å². The van der Waals surface area contributed by atoms with Gasteiger partial charge in [-0.05, 0) is 25.1 Å². The molecule has 11 nitrogen and oxygen atoms in total. The molecule has 1 aliphatic rings. The van der Waals surface area contributed by atoms with Gasteiger partial charge in [0, 0.05) is 12.1 Å². The van der Waals surface area contributed by atoms with Crippen molar-refractivity contribution in [2.24, 2.45) is 5.73 Å². The van der Waals surface area contributed by atoms with Crippen LogP contribution in [-0.4, -0.2) is 47.8 Å². The first kappa shape index (κ1) is 23.7. The molecule has 4 N–H and O–H groups in total. The molecule has 0 saturated carbocycles. The Morgan fingerprint density at radius 2 is 2.15 bits per heavy atom. The largest absolute Gasteiger partial charge is 0.489 e. The molecule has 0 radical (unpaired) electrons. The Balaban J connectivity index is 1.95. The van der Waals surface area contributed by atoms with E-state index in [0.29, 0.717) is 0 Å². The first-order valence-corrected chi connectivity index (χ1v) is 9.56. The zero-order valence-electron chi connectivity index (χ0n) is 17.2. The van der Waals surface area contributed by atoms with E-state index in [1.165, 1.54) is 13.0 Å². The van der Waals surface area contributed by atoms with Crippen LogP contribution in [-0.2, 0) is 11.3 Å². The van der Waals surface area contributed by atoms with E-state index in [9.17, 15) is 28.1 Å². The molecule has 0 bridgehead atoms. The second-order valence-corrected chi connectivity index (χ2v) is 7.12. The highest BCUT2D eigenvalue weighted by molar-refractivity contribution is 5.67. The number of carbonyl (C=O) groups is 1. The lowest BCUT2D eigenvalue weighted by Gasteiger charge is -2.37. The number of primary amides is 1. The smallest absolute Gasteiger partial charge is 0.404 e. The van der Waals surface area contributed by atoms with Crippen LogP contribution >= 0.6 is 0 Å². The number of ether oxygens (including phenoxy) is 3. The molecule has 1 aromatic carbocycles. The molecule has 178 valence electrons. The van der Waals surface area contributed by atoms with Crippen LogP contribution in [0.1, 0.15) is 12.5 Å². The minimum absolute atomic E-state index is 0.116. The second-order valence-electron chi connectivity index (χ2n) is 7.12. The average molecular weight is 471 g/mol. The summed E-state index contributed by atoms with van der Waals surface area (Å²) in [6, 6.07) is 2.98. The standard InChI is InChI=1S/C19H20F3N5O6/c1-9(33-19(24)28)7-31-14-3-2-11(20)4-10(14)6-26-13(16(21)22)8-32-15-5-12(27(29)30)17(23)25-18(15)26/h2-5,9,13,16H,6-8H2,1H3,(H2,23,25)(H2,24,28)/t9-,13+/m1/s1. The number of anilines is 2. The molecule has 1 amide bonds. The second kappa shape index (κ2) is 9.67. The Morgan fingerprint density at radius 3 is 2.79 bits per heavy atom. The average Bonchev–Trinajstić information content (AvgIpc) is 2.72. The monoisotopic (exact) mass is 471 g/mol. The van der Waals surface area contributed by atoms with E-state index in [2.05, 4.69) is 4.98 Å². The molecule has 0 unspecified atom stereocenters. The van der Waals surface area contributed by atoms with Crippen LogP contribution in [0.5, 0.6) is 11.5 Å². The number of fused-ring (bicyclic) bond motifs is 1. The van der Waals surface area contributed by atoms with Crippen molar-refractivity contribution in [2.45, 2.75) is 32.0 Å². The Hall–Kier alpha value is -3.97. The van der Waals surface area contributed by atoms with E-state index in [4.69, 9.17) is 25.7 Å². The van der Waals surface area contributed by atoms with Gasteiger partial charge in [-0.3, -0.25) is 10.1 Å². The van der Waals surface area contributed by atoms with Gasteiger partial charge in [0.2, 0.25) is 5.82 Å². The predicted molar refractivity (Wildman–Crippen MR) is 109 cm³/mol. The van der Waals surface area contributed by atoms with Gasteiger partial charge in [0.15, 0.2) is 11.6 Å². The number of nitro groups is 1. The molecule has 2 heterocycles. The summed E-state index contributed by atoms with van der Waals surface area (Å²) >= 11 is 0. The number of benzene rings is 1. The van der Waals surface area contributed by atoms with E-state index in [0.717, 1.165) is 23.1 Å². The van der Waals surface area contributed by atoms with Crippen LogP contribution in [0.25, 0.3) is 0 Å². The number of halogens is 3. The molecule has 14 heteroatoms. The van der Waals surface area contributed by atoms with Crippen LogP contribution < -0.4 is 25.8 Å². The first-order chi connectivity index (χ1) is 15.6. The highest BCUT2D eigenvalue weighted by Gasteiger charge is 2.37. The van der Waals surface area contributed by atoms with E-state index in [1.54, 1.807) is 0 Å². The number of nitrogens with two attached hydrogens (primary N) is 2. The molecule has 0 aliphatic carbocycles. The lowest BCUT2D eigenvalue weighted by Crippen LogP contribution is -2.47. The van der Waals surface area contributed by atoms with Crippen molar-refractivity contribution in [1.82, 2.24) is 4.98 Å². The topological polar surface area (TPSA) is 156 Å². The van der Waals surface area contributed by atoms with Gasteiger partial charge in [0.1, 0.15) is 36.9 Å². The van der Waals surface area contributed by atoms with Gasteiger partial charge >= 0.3 is 11.8 Å². The number of aromatic nitrogens is 1. The summed E-state index contributed by atoms with van der Waals surface area (Å²) in [7, 11) is 0. The number of amides is 1. The number of hydrogen-bond donors (Lipinski definition) is 2. The predicted octanol–water partition coefficient (Wildman–Crippen LogP) is 2.61. The lowest BCUT2D eigenvalue weighted by molar-refractivity contribution is -0.384. The fraction of sp³-hybridized carbons (Fsp3) is 0.368. The van der Waals surface area contributed by atoms with Crippen molar-refractivity contribution in [2.75, 3.05) is 23.8 Å². The van der Waals surface area contributed by atoms with Crippen molar-refractivity contribution >= 4 is 23.4 Å². The van der Waals surface area contributed by atoms with Gasteiger partial charge in [-0.2, -0.15) is 0 Å². The summed E-state index contributed by atoms with van der Waals surface area (Å²) in [4.78, 5) is 26.2. The molecule has 33 heavy (non-hydrogen) atoms. The van der Waals surface area contributed by atoms with Crippen LogP contribution in [0.2, 0.25) is 0 Å². The van der Waals surface area contributed by atoms with Crippen LogP contribution in [0.15, 0.2) is 24.3 Å². The molecule has 0 spiro atoms. The SMILES string of the molecule is C[C@H](COc1ccc(F)cc1CN1c2nc(N)c([N+](=O)[O-])cc2OC[C@H]1C(F)F)OC(N)=O. The normalized spacial score (nSPS) is 16.0. The molecule has 1 aromatic heterocycles. The van der Waals surface area contributed by atoms with Crippen molar-refractivity contribution in [3.63, 3.8) is 0 Å². The molecule has 1 aliphatic heterocycles. The number of nitrogen functional groups attached to an aromatic ring is 1. The summed E-state index contributed by atoms with van der Waals surface area (Å²) in [5, 5.41) is 11.1. The van der Waals surface area contributed by atoms with Gasteiger partial charge in [-0.15, -0.1) is 0 Å². The Bertz CT molecular complexity index is 1060. The minimum Gasteiger partial charge on any atom is -0.489 e. The number of rotatable bonds is 8. The molecule has 2 atom stereocenters. The van der Waals surface area contributed by atoms with E-state index < -0.39 is 53.5 Å². The van der Waals surface area contributed by atoms with E-state index in [1.807, 2.05) is 0 Å². The van der Waals surface area contributed by atoms with Gasteiger partial charge in [0.25, 0.3) is 6.43 Å². The highest BCUT2D eigenvalue weighted by Crippen LogP contribution is 2.40. The maximum atomic E-state index is 14.0. The van der Waals surface area contributed by atoms with Gasteiger partial charge in [-0.1, -0.05) is 0 Å². The van der Waals surface area contributed by atoms with Gasteiger partial charge < -0.3 is 30.6 Å². The lowest BCUT2D eigenvalue weighted by atomic mass is 10.1. The minimum atomic E-state index is -2.89. The third kappa shape index (κ3) is 5.45. The zero-order valence-corrected chi connectivity index (χ0v) is 17.2. The van der Waals surface area contributed by atoms with Crippen molar-refractivity contribution < 1.29 is 37.1 Å². The number of nitrogens with zero attached hydrogens (tertiary/aromatic N) is 3. The third-order valence-electron chi connectivity index (χ3n) is 4.70. The van der Waals surface area contributed by atoms with Crippen molar-refractivity contribution in [3.8, 4) is 11.5 Å². The first-order valence-electron chi connectivity index (χ1n) is 9.56. The molecular formula is C19H20F3N5O6. The fourth-order valence-corrected chi connectivity index (χ4v) is 3.21. The molecule has 3 rings (SSSR count). The van der Waals surface area contributed by atoms with Crippen LogP contribution in [0.3, 0.4) is 0 Å². The van der Waals surface area contributed by atoms with E-state index in [-0.39, 0.29) is 36.0 Å². The third-order valence-corrected chi connectivity index (χ3v) is 4.70. The molecule has 0 fully saturated rings. The van der Waals surface area contributed by atoms with E-state index >= 15 is 0 Å².